The molecule has 0 radical (unpaired) electrons. The number of piperidine rings is 1. The predicted octanol–water partition coefficient (Wildman–Crippen LogP) is 5.05. The number of benzene rings is 1. The van der Waals surface area contributed by atoms with Crippen LogP contribution < -0.4 is 4.74 Å². The summed E-state index contributed by atoms with van der Waals surface area (Å²) in [6.45, 7) is 2.48. The third kappa shape index (κ3) is 3.97. The van der Waals surface area contributed by atoms with Crippen LogP contribution in [0.25, 0.3) is 11.3 Å². The van der Waals surface area contributed by atoms with Crippen molar-refractivity contribution in [2.45, 2.75) is 44.7 Å². The van der Waals surface area contributed by atoms with Crippen LogP contribution in [-0.4, -0.2) is 39.5 Å². The molecular weight excluding hydrogens is 405 g/mol. The fourth-order valence-corrected chi connectivity index (χ4v) is 5.13. The molecule has 2 aliphatic heterocycles. The van der Waals surface area contributed by atoms with Crippen LogP contribution in [-0.2, 0) is 0 Å². The summed E-state index contributed by atoms with van der Waals surface area (Å²) >= 11 is 0. The number of aryl methyl sites for hydroxylation is 1. The van der Waals surface area contributed by atoms with Gasteiger partial charge in [0.1, 0.15) is 5.82 Å². The molecule has 1 amide bonds. The van der Waals surface area contributed by atoms with Crippen LogP contribution in [0, 0.1) is 18.7 Å². The second-order valence-corrected chi connectivity index (χ2v) is 8.74. The van der Waals surface area contributed by atoms with Crippen molar-refractivity contribution in [3.63, 3.8) is 0 Å². The first kappa shape index (κ1) is 20.6. The first-order valence-electron chi connectivity index (χ1n) is 11.2. The summed E-state index contributed by atoms with van der Waals surface area (Å²) in [7, 11) is 0. The van der Waals surface area contributed by atoms with Crippen molar-refractivity contribution in [1.82, 2.24) is 14.9 Å². The number of carbonyl (C=O) groups is 1. The molecule has 2 bridgehead atoms. The average Bonchev–Trinajstić information content (AvgIpc) is 3.13. The Morgan fingerprint density at radius 3 is 2.75 bits per heavy atom. The number of pyridine rings is 2. The maximum Gasteiger partial charge on any atom is 0.255 e. The lowest BCUT2D eigenvalue weighted by Crippen LogP contribution is -2.49. The van der Waals surface area contributed by atoms with E-state index in [4.69, 9.17) is 4.74 Å². The van der Waals surface area contributed by atoms with Gasteiger partial charge in [-0.25, -0.2) is 9.37 Å². The molecule has 1 aromatic carbocycles. The fourth-order valence-electron chi connectivity index (χ4n) is 5.13. The molecule has 5 nitrogen and oxygen atoms in total. The van der Waals surface area contributed by atoms with Gasteiger partial charge < -0.3 is 9.64 Å². The number of aromatic nitrogens is 2. The first-order valence-corrected chi connectivity index (χ1v) is 11.2. The highest BCUT2D eigenvalue weighted by atomic mass is 19.1. The number of carbonyl (C=O) groups excluding carboxylic acids is 1. The van der Waals surface area contributed by atoms with Gasteiger partial charge in [0.15, 0.2) is 0 Å². The molecule has 2 saturated heterocycles. The van der Waals surface area contributed by atoms with Gasteiger partial charge >= 0.3 is 0 Å². The van der Waals surface area contributed by atoms with Gasteiger partial charge in [0.25, 0.3) is 5.91 Å². The zero-order valence-electron chi connectivity index (χ0n) is 18.1. The van der Waals surface area contributed by atoms with Gasteiger partial charge in [0.05, 0.1) is 18.5 Å². The third-order valence-electron chi connectivity index (χ3n) is 6.69. The molecule has 0 saturated carbocycles. The molecule has 4 heterocycles. The molecule has 164 valence electrons. The number of halogens is 1. The quantitative estimate of drug-likeness (QED) is 0.567. The number of hydrogen-bond acceptors (Lipinski definition) is 4. The highest BCUT2D eigenvalue weighted by Gasteiger charge is 2.45. The SMILES string of the molecule is Cc1ccc(-c2ccccn2)c(C(=O)N2C3CC[C@H]2CC[C@@H]3COc2ccc(F)cn2)c1. The number of ether oxygens (including phenoxy) is 1. The Morgan fingerprint density at radius 1 is 1.09 bits per heavy atom. The maximum atomic E-state index is 13.9. The lowest BCUT2D eigenvalue weighted by Gasteiger charge is -2.40. The monoisotopic (exact) mass is 431 g/mol. The summed E-state index contributed by atoms with van der Waals surface area (Å²) in [5, 5.41) is 0. The van der Waals surface area contributed by atoms with E-state index in [1.807, 2.05) is 43.3 Å². The lowest BCUT2D eigenvalue weighted by molar-refractivity contribution is 0.0403. The zero-order valence-corrected chi connectivity index (χ0v) is 18.1. The number of rotatable bonds is 5. The van der Waals surface area contributed by atoms with E-state index in [0.717, 1.165) is 48.7 Å². The average molecular weight is 432 g/mol. The third-order valence-corrected chi connectivity index (χ3v) is 6.69. The minimum atomic E-state index is -0.382. The molecule has 2 aromatic heterocycles. The number of amides is 1. The molecule has 0 spiro atoms. The van der Waals surface area contributed by atoms with Gasteiger partial charge in [-0.3, -0.25) is 9.78 Å². The van der Waals surface area contributed by atoms with Crippen molar-refractivity contribution in [2.75, 3.05) is 6.61 Å². The zero-order chi connectivity index (χ0) is 22.1. The smallest absolute Gasteiger partial charge is 0.255 e. The predicted molar refractivity (Wildman–Crippen MR) is 120 cm³/mol. The van der Waals surface area contributed by atoms with Crippen LogP contribution in [0.3, 0.4) is 0 Å². The Balaban J connectivity index is 1.39. The normalized spacial score (nSPS) is 22.1. The van der Waals surface area contributed by atoms with Crippen molar-refractivity contribution >= 4 is 5.91 Å². The summed E-state index contributed by atoms with van der Waals surface area (Å²) in [6, 6.07) is 15.1. The van der Waals surface area contributed by atoms with Gasteiger partial charge in [-0.15, -0.1) is 0 Å². The van der Waals surface area contributed by atoms with Crippen LogP contribution in [0.4, 0.5) is 4.39 Å². The highest BCUT2D eigenvalue weighted by Crippen LogP contribution is 2.41. The summed E-state index contributed by atoms with van der Waals surface area (Å²) < 4.78 is 19.0. The molecule has 2 aliphatic rings. The minimum absolute atomic E-state index is 0.0754. The fraction of sp³-hybridized carbons (Fsp3) is 0.346. The van der Waals surface area contributed by atoms with Crippen LogP contribution in [0.2, 0.25) is 0 Å². The van der Waals surface area contributed by atoms with E-state index in [2.05, 4.69) is 14.9 Å². The van der Waals surface area contributed by atoms with Crippen LogP contribution in [0.15, 0.2) is 60.9 Å². The van der Waals surface area contributed by atoms with Crippen molar-refractivity contribution in [3.05, 3.63) is 77.9 Å². The van der Waals surface area contributed by atoms with E-state index in [1.54, 1.807) is 12.3 Å². The Kier molecular flexibility index (Phi) is 5.60. The van der Waals surface area contributed by atoms with Gasteiger partial charge in [0, 0.05) is 41.4 Å². The summed E-state index contributed by atoms with van der Waals surface area (Å²) in [4.78, 5) is 24.4. The number of nitrogens with zero attached hydrogens (tertiary/aromatic N) is 3. The van der Waals surface area contributed by atoms with E-state index in [-0.39, 0.29) is 29.7 Å². The largest absolute Gasteiger partial charge is 0.477 e. The Morgan fingerprint density at radius 2 is 1.97 bits per heavy atom. The van der Waals surface area contributed by atoms with Crippen molar-refractivity contribution in [3.8, 4) is 17.1 Å². The van der Waals surface area contributed by atoms with Crippen molar-refractivity contribution in [1.29, 1.82) is 0 Å². The van der Waals surface area contributed by atoms with Crippen LogP contribution >= 0.6 is 0 Å². The summed E-state index contributed by atoms with van der Waals surface area (Å²) in [6.07, 6.45) is 6.90. The van der Waals surface area contributed by atoms with Gasteiger partial charge in [0.2, 0.25) is 5.88 Å². The first-order chi connectivity index (χ1) is 15.6. The lowest BCUT2D eigenvalue weighted by atomic mass is 9.89. The van der Waals surface area contributed by atoms with E-state index < -0.39 is 0 Å². The second-order valence-electron chi connectivity index (χ2n) is 8.74. The maximum absolute atomic E-state index is 13.9. The second kappa shape index (κ2) is 8.69. The van der Waals surface area contributed by atoms with E-state index in [9.17, 15) is 9.18 Å². The molecule has 3 aromatic rings. The summed E-state index contributed by atoms with van der Waals surface area (Å²) in [5.74, 6) is 0.340. The van der Waals surface area contributed by atoms with Crippen molar-refractivity contribution in [2.24, 2.45) is 5.92 Å². The molecule has 0 aliphatic carbocycles. The molecule has 3 atom stereocenters. The standard InChI is InChI=1S/C26H26FN3O2/c1-17-5-10-21(23-4-2-3-13-28-23)22(14-17)26(31)30-20-8-6-18(24(30)11-9-20)16-32-25-12-7-19(27)15-29-25/h2-5,7,10,12-15,18,20,24H,6,8-9,11,16H2,1H3/t18-,20-,24?/m1/s1. The summed E-state index contributed by atoms with van der Waals surface area (Å²) in [5.41, 5.74) is 3.44. The molecule has 0 N–H and O–H groups in total. The van der Waals surface area contributed by atoms with E-state index >= 15 is 0 Å². The molecular formula is C26H26FN3O2. The number of fused-ring (bicyclic) bond motifs is 2. The molecule has 2 fully saturated rings. The molecule has 32 heavy (non-hydrogen) atoms. The van der Waals surface area contributed by atoms with Crippen molar-refractivity contribution < 1.29 is 13.9 Å². The van der Waals surface area contributed by atoms with Gasteiger partial charge in [-0.2, -0.15) is 0 Å². The van der Waals surface area contributed by atoms with Gasteiger partial charge in [-0.1, -0.05) is 23.8 Å². The van der Waals surface area contributed by atoms with Gasteiger partial charge in [-0.05, 0) is 56.9 Å². The topological polar surface area (TPSA) is 55.3 Å². The van der Waals surface area contributed by atoms with E-state index in [0.29, 0.717) is 18.1 Å². The van der Waals surface area contributed by atoms with E-state index in [1.165, 1.54) is 6.07 Å². The molecule has 5 rings (SSSR count). The molecule has 1 unspecified atom stereocenters. The molecule has 6 heteroatoms. The number of hydrogen-bond donors (Lipinski definition) is 0. The Labute approximate surface area is 187 Å². The Bertz CT molecular complexity index is 1100. The highest BCUT2D eigenvalue weighted by molar-refractivity contribution is 6.01. The Hall–Kier alpha value is -3.28. The van der Waals surface area contributed by atoms with Crippen LogP contribution in [0.5, 0.6) is 5.88 Å². The van der Waals surface area contributed by atoms with Crippen LogP contribution in [0.1, 0.15) is 41.6 Å². The minimum Gasteiger partial charge on any atom is -0.477 e.